The van der Waals surface area contributed by atoms with Crippen molar-refractivity contribution in [2.75, 3.05) is 5.88 Å². The third-order valence-corrected chi connectivity index (χ3v) is 5.55. The lowest BCUT2D eigenvalue weighted by molar-refractivity contribution is -0.0428. The zero-order valence-corrected chi connectivity index (χ0v) is 21.4. The van der Waals surface area contributed by atoms with Crippen molar-refractivity contribution in [1.29, 1.82) is 5.26 Å². The minimum atomic E-state index is -0.793. The van der Waals surface area contributed by atoms with Gasteiger partial charge in [0.1, 0.15) is 17.5 Å². The monoisotopic (exact) mass is 465 g/mol. The van der Waals surface area contributed by atoms with Gasteiger partial charge in [0.2, 0.25) is 0 Å². The van der Waals surface area contributed by atoms with Gasteiger partial charge in [-0.05, 0) is 45.9 Å². The Bertz CT molecular complexity index is 814. The molecule has 0 amide bonds. The van der Waals surface area contributed by atoms with E-state index in [1.165, 1.54) is 11.8 Å². The number of rotatable bonds is 4. The fraction of sp³-hybridized carbons (Fsp3) is 0.500. The molecule has 1 aromatic rings. The lowest BCUT2D eigenvalue weighted by Gasteiger charge is -2.41. The van der Waals surface area contributed by atoms with Gasteiger partial charge in [-0.1, -0.05) is 51.6 Å². The minimum Gasteiger partial charge on any atom is -0.485 e. The summed E-state index contributed by atoms with van der Waals surface area (Å²) in [7, 11) is 0. The number of alkyl halides is 1. The van der Waals surface area contributed by atoms with E-state index in [9.17, 15) is 10.4 Å². The summed E-state index contributed by atoms with van der Waals surface area (Å²) in [6, 6.07) is 7.41. The minimum absolute atomic E-state index is 0.350. The van der Waals surface area contributed by atoms with Crippen LogP contribution in [0.25, 0.3) is 0 Å². The number of ether oxygens (including phenoxy) is 1. The number of amidine groups is 1. The van der Waals surface area contributed by atoms with Gasteiger partial charge in [0.25, 0.3) is 0 Å². The maximum Gasteiger partial charge on any atom is 0.166 e. The molecule has 0 radical (unpaired) electrons. The van der Waals surface area contributed by atoms with E-state index < -0.39 is 11.7 Å². The average Bonchev–Trinajstić information content (AvgIpc) is 2.79. The van der Waals surface area contributed by atoms with Crippen molar-refractivity contribution in [3.05, 3.63) is 53.4 Å². The van der Waals surface area contributed by atoms with Crippen LogP contribution in [0.1, 0.15) is 71.8 Å². The molecule has 0 fully saturated rings. The predicted octanol–water partition coefficient (Wildman–Crippen LogP) is 6.54. The molecule has 0 bridgehead atoms. The van der Waals surface area contributed by atoms with Crippen molar-refractivity contribution in [2.24, 2.45) is 4.99 Å². The first kappa shape index (κ1) is 29.1. The third kappa shape index (κ3) is 8.60. The molecule has 1 aliphatic rings. The molecule has 0 aromatic heterocycles. The maximum atomic E-state index is 11.0. The molecule has 1 aliphatic heterocycles. The van der Waals surface area contributed by atoms with Gasteiger partial charge in [-0.3, -0.25) is 0 Å². The zero-order chi connectivity index (χ0) is 24.0. The van der Waals surface area contributed by atoms with Crippen LogP contribution in [0.15, 0.2) is 47.2 Å². The molecule has 1 aromatic carbocycles. The molecule has 0 unspecified atom stereocenters. The number of nitrogens with zero attached hydrogens (tertiary/aromatic N) is 2. The second-order valence-electron chi connectivity index (χ2n) is 6.62. The largest absolute Gasteiger partial charge is 0.485 e. The first-order valence-corrected chi connectivity index (χ1v) is 12.0. The van der Waals surface area contributed by atoms with Crippen molar-refractivity contribution in [3.63, 3.8) is 0 Å². The average molecular weight is 466 g/mol. The van der Waals surface area contributed by atoms with Gasteiger partial charge < -0.3 is 15.2 Å². The van der Waals surface area contributed by atoms with Crippen molar-refractivity contribution in [1.82, 2.24) is 5.32 Å². The summed E-state index contributed by atoms with van der Waals surface area (Å²) in [5, 5.41) is 23.7. The Morgan fingerprint density at radius 2 is 2.00 bits per heavy atom. The molecule has 0 aliphatic carbocycles. The number of hydrogen-bond acceptors (Lipinski definition) is 5. The quantitative estimate of drug-likeness (QED) is 0.300. The van der Waals surface area contributed by atoms with E-state index in [2.05, 4.69) is 16.4 Å². The molecule has 2 atom stereocenters. The molecular weight excluding hydrogens is 430 g/mol. The summed E-state index contributed by atoms with van der Waals surface area (Å²) in [4.78, 5) is 4.44. The van der Waals surface area contributed by atoms with E-state index >= 15 is 0 Å². The molecule has 2 N–H and O–H groups in total. The van der Waals surface area contributed by atoms with Crippen LogP contribution in [0.2, 0.25) is 0 Å². The number of nitrogens with one attached hydrogen (secondary N) is 1. The normalized spacial score (nSPS) is 19.6. The first-order chi connectivity index (χ1) is 14.8. The summed E-state index contributed by atoms with van der Waals surface area (Å²) >= 11 is 7.09. The molecule has 0 spiro atoms. The van der Waals surface area contributed by atoms with Gasteiger partial charge in [-0.2, -0.15) is 5.26 Å². The number of allylic oxidation sites excluding steroid dienone is 3. The topological polar surface area (TPSA) is 77.6 Å². The second kappa shape index (κ2) is 15.0. The predicted molar refractivity (Wildman–Crippen MR) is 135 cm³/mol. The van der Waals surface area contributed by atoms with E-state index in [0.717, 1.165) is 11.3 Å². The van der Waals surface area contributed by atoms with Crippen LogP contribution in [0, 0.1) is 11.3 Å². The van der Waals surface area contributed by atoms with Gasteiger partial charge in [0.15, 0.2) is 5.17 Å². The van der Waals surface area contributed by atoms with Gasteiger partial charge in [-0.25, -0.2) is 4.99 Å². The van der Waals surface area contributed by atoms with Crippen molar-refractivity contribution >= 4 is 28.5 Å². The molecule has 0 saturated heterocycles. The number of benzene rings is 1. The number of hydrogen-bond donors (Lipinski definition) is 2. The van der Waals surface area contributed by atoms with Crippen molar-refractivity contribution < 1.29 is 9.84 Å². The van der Waals surface area contributed by atoms with Crippen LogP contribution >= 0.6 is 23.4 Å². The molecule has 7 heteroatoms. The highest BCUT2D eigenvalue weighted by atomic mass is 35.5. The molecular formula is C24H36ClN3O2S. The van der Waals surface area contributed by atoms with Crippen LogP contribution in [0.5, 0.6) is 5.75 Å². The van der Waals surface area contributed by atoms with E-state index in [1.54, 1.807) is 30.5 Å². The van der Waals surface area contributed by atoms with E-state index in [4.69, 9.17) is 16.3 Å². The standard InChI is InChI=1S/C20H24ClN3O2S.2C2H6/c1-5-13(2)24-19(23-10-6-9-21)27-17-15-11-14(12-22)7-8-16(15)26-20(3,4)18(17)25;2*1-2/h5-8,10-11,17-18,25H,9H2,1-4H3,(H,23,24);2*1-2H3/b10-6+,13-5+;;/t17-,18+;;/m1../s1. The lowest BCUT2D eigenvalue weighted by atomic mass is 9.90. The summed E-state index contributed by atoms with van der Waals surface area (Å²) in [5.74, 6) is 1.03. The number of thioether (sulfide) groups is 1. The number of nitriles is 1. The molecule has 1 heterocycles. The van der Waals surface area contributed by atoms with E-state index in [-0.39, 0.29) is 5.25 Å². The number of halogens is 1. The molecule has 31 heavy (non-hydrogen) atoms. The van der Waals surface area contributed by atoms with Crippen LogP contribution in [-0.2, 0) is 0 Å². The Labute approximate surface area is 197 Å². The second-order valence-corrected chi connectivity index (χ2v) is 8.06. The fourth-order valence-corrected chi connectivity index (χ4v) is 3.98. The third-order valence-electron chi connectivity index (χ3n) is 4.18. The smallest absolute Gasteiger partial charge is 0.166 e. The highest BCUT2D eigenvalue weighted by Gasteiger charge is 2.44. The first-order valence-electron chi connectivity index (χ1n) is 10.6. The summed E-state index contributed by atoms with van der Waals surface area (Å²) in [6.45, 7) is 15.6. The van der Waals surface area contributed by atoms with Gasteiger partial charge in [0, 0.05) is 23.3 Å². The van der Waals surface area contributed by atoms with Gasteiger partial charge in [-0.15, -0.1) is 11.6 Å². The maximum absolute atomic E-state index is 11.0. The van der Waals surface area contributed by atoms with Gasteiger partial charge >= 0.3 is 0 Å². The van der Waals surface area contributed by atoms with Crippen LogP contribution in [0.4, 0.5) is 0 Å². The zero-order valence-electron chi connectivity index (χ0n) is 19.9. The number of aliphatic imine (C=N–C) groups is 1. The van der Waals surface area contributed by atoms with Crippen LogP contribution < -0.4 is 10.1 Å². The number of aliphatic hydroxyl groups excluding tert-OH is 1. The summed E-state index contributed by atoms with van der Waals surface area (Å²) < 4.78 is 5.97. The Morgan fingerprint density at radius 1 is 1.35 bits per heavy atom. The Kier molecular flexibility index (Phi) is 14.0. The Morgan fingerprint density at radius 3 is 2.55 bits per heavy atom. The van der Waals surface area contributed by atoms with Crippen molar-refractivity contribution in [2.45, 2.75) is 72.3 Å². The molecule has 172 valence electrons. The fourth-order valence-electron chi connectivity index (χ4n) is 2.55. The number of fused-ring (bicyclic) bond motifs is 1. The highest BCUT2D eigenvalue weighted by molar-refractivity contribution is 8.14. The Balaban J connectivity index is 0.00000212. The molecule has 5 nitrogen and oxygen atoms in total. The summed E-state index contributed by atoms with van der Waals surface area (Å²) in [6.07, 6.45) is 4.52. The summed E-state index contributed by atoms with van der Waals surface area (Å²) in [5.41, 5.74) is 1.46. The molecule has 0 saturated carbocycles. The molecule has 2 rings (SSSR count). The van der Waals surface area contributed by atoms with Crippen LogP contribution in [0.3, 0.4) is 0 Å². The lowest BCUT2D eigenvalue weighted by Crippen LogP contribution is -2.48. The van der Waals surface area contributed by atoms with Crippen molar-refractivity contribution in [3.8, 4) is 11.8 Å². The van der Waals surface area contributed by atoms with E-state index in [1.807, 2.05) is 61.5 Å². The number of aliphatic hydroxyl groups is 1. The van der Waals surface area contributed by atoms with Gasteiger partial charge in [0.05, 0.1) is 16.9 Å². The van der Waals surface area contributed by atoms with Crippen LogP contribution in [-0.4, -0.2) is 27.9 Å². The highest BCUT2D eigenvalue weighted by Crippen LogP contribution is 2.47. The Hall–Kier alpha value is -1.94. The van der Waals surface area contributed by atoms with E-state index in [0.29, 0.717) is 22.4 Å². The SMILES string of the molecule is C/C=C(\C)NC(=N/C=C/CCl)S[C@@H]1c2cc(C#N)ccc2OC(C)(C)[C@H]1O.CC.CC.